The summed E-state index contributed by atoms with van der Waals surface area (Å²) in [6.45, 7) is 2.76. The van der Waals surface area contributed by atoms with E-state index in [1.165, 1.54) is 7.11 Å². The van der Waals surface area contributed by atoms with Crippen molar-refractivity contribution in [2.75, 3.05) is 26.8 Å². The van der Waals surface area contributed by atoms with Gasteiger partial charge in [0.2, 0.25) is 0 Å². The number of nitrogens with one attached hydrogen (secondary N) is 1. The lowest BCUT2D eigenvalue weighted by Crippen LogP contribution is -2.52. The van der Waals surface area contributed by atoms with Crippen molar-refractivity contribution >= 4 is 11.9 Å². The molecule has 1 aliphatic rings. The van der Waals surface area contributed by atoms with Crippen LogP contribution in [0.15, 0.2) is 12.4 Å². The van der Waals surface area contributed by atoms with Crippen LogP contribution in [0.3, 0.4) is 0 Å². The Kier molecular flexibility index (Phi) is 4.13. The zero-order valence-corrected chi connectivity index (χ0v) is 11.8. The Morgan fingerprint density at radius 2 is 2.25 bits per heavy atom. The highest BCUT2D eigenvalue weighted by atomic mass is 16.5. The van der Waals surface area contributed by atoms with Crippen LogP contribution < -0.4 is 0 Å². The molecule has 2 rings (SSSR count). The van der Waals surface area contributed by atoms with Gasteiger partial charge < -0.3 is 19.7 Å². The van der Waals surface area contributed by atoms with Crippen LogP contribution in [0.2, 0.25) is 0 Å². The number of hydrogen-bond donors (Lipinski definition) is 2. The number of carboxylic acid groups (broad SMARTS) is 1. The first-order valence-electron chi connectivity index (χ1n) is 6.65. The Morgan fingerprint density at radius 3 is 2.80 bits per heavy atom. The Balaban J connectivity index is 2.20. The minimum atomic E-state index is -0.993. The minimum Gasteiger partial charge on any atom is -0.481 e. The summed E-state index contributed by atoms with van der Waals surface area (Å²) in [5.41, 5.74) is 0.476. The quantitative estimate of drug-likeness (QED) is 0.870. The summed E-state index contributed by atoms with van der Waals surface area (Å²) >= 11 is 0. The highest BCUT2D eigenvalue weighted by molar-refractivity contribution is 5.96. The molecule has 0 saturated carbocycles. The first-order chi connectivity index (χ1) is 9.50. The number of rotatable bonds is 4. The summed E-state index contributed by atoms with van der Waals surface area (Å²) in [6.07, 6.45) is 4.62. The minimum absolute atomic E-state index is 0.120. The van der Waals surface area contributed by atoms with Crippen molar-refractivity contribution in [1.29, 1.82) is 0 Å². The number of aromatic nitrogens is 1. The fourth-order valence-corrected chi connectivity index (χ4v) is 2.78. The fraction of sp³-hybridized carbons (Fsp3) is 0.571. The lowest BCUT2D eigenvalue weighted by Gasteiger charge is -2.39. The Bertz CT molecular complexity index is 507. The van der Waals surface area contributed by atoms with Gasteiger partial charge in [-0.3, -0.25) is 9.59 Å². The molecule has 0 bridgehead atoms. The van der Waals surface area contributed by atoms with Crippen LogP contribution in [0.4, 0.5) is 0 Å². The number of carboxylic acids is 1. The van der Waals surface area contributed by atoms with Crippen molar-refractivity contribution in [2.24, 2.45) is 5.41 Å². The predicted molar refractivity (Wildman–Crippen MR) is 72.6 cm³/mol. The second kappa shape index (κ2) is 5.66. The van der Waals surface area contributed by atoms with Crippen LogP contribution in [-0.4, -0.2) is 53.7 Å². The van der Waals surface area contributed by atoms with Gasteiger partial charge in [0, 0.05) is 32.6 Å². The smallest absolute Gasteiger partial charge is 0.313 e. The lowest BCUT2D eigenvalue weighted by molar-refractivity contribution is -0.155. The van der Waals surface area contributed by atoms with Gasteiger partial charge in [0.15, 0.2) is 0 Å². The number of hydrogen-bond acceptors (Lipinski definition) is 3. The molecule has 110 valence electrons. The molecule has 1 aromatic heterocycles. The third-order valence-corrected chi connectivity index (χ3v) is 3.92. The zero-order chi connectivity index (χ0) is 14.8. The van der Waals surface area contributed by atoms with E-state index in [0.29, 0.717) is 24.9 Å². The van der Waals surface area contributed by atoms with Crippen LogP contribution >= 0.6 is 0 Å². The van der Waals surface area contributed by atoms with Crippen molar-refractivity contribution in [3.8, 4) is 0 Å². The molecule has 1 saturated heterocycles. The standard InChI is InChI=1S/C14H20N2O4/c1-10-6-15-7-11(10)12(17)16-5-3-4-14(8-16,9-20-2)13(18)19/h6-7,15H,3-5,8-9H2,1-2H3,(H,18,19). The molecular weight excluding hydrogens is 260 g/mol. The van der Waals surface area contributed by atoms with Crippen LogP contribution in [0.25, 0.3) is 0 Å². The Hall–Kier alpha value is -1.82. The number of methoxy groups -OCH3 is 1. The summed E-state index contributed by atoms with van der Waals surface area (Å²) in [5.74, 6) is -1.02. The third kappa shape index (κ3) is 2.56. The molecule has 1 aromatic rings. The average Bonchev–Trinajstić information content (AvgIpc) is 2.84. The van der Waals surface area contributed by atoms with Gasteiger partial charge in [-0.05, 0) is 25.3 Å². The number of H-pyrrole nitrogens is 1. The number of likely N-dealkylation sites (tertiary alicyclic amines) is 1. The second-order valence-electron chi connectivity index (χ2n) is 5.40. The molecule has 20 heavy (non-hydrogen) atoms. The summed E-state index contributed by atoms with van der Waals surface area (Å²) in [4.78, 5) is 28.5. The molecule has 0 spiro atoms. The molecule has 0 aromatic carbocycles. The number of carbonyl (C=O) groups excluding carboxylic acids is 1. The molecule has 1 fully saturated rings. The zero-order valence-electron chi connectivity index (χ0n) is 11.8. The van der Waals surface area contributed by atoms with E-state index >= 15 is 0 Å². The molecule has 1 atom stereocenters. The van der Waals surface area contributed by atoms with Gasteiger partial charge in [-0.15, -0.1) is 0 Å². The van der Waals surface area contributed by atoms with Crippen molar-refractivity contribution in [1.82, 2.24) is 9.88 Å². The van der Waals surface area contributed by atoms with Crippen LogP contribution in [-0.2, 0) is 9.53 Å². The maximum atomic E-state index is 12.5. The number of aryl methyl sites for hydroxylation is 1. The van der Waals surface area contributed by atoms with Crippen LogP contribution in [0.5, 0.6) is 0 Å². The molecule has 1 unspecified atom stereocenters. The molecule has 0 radical (unpaired) electrons. The SMILES string of the molecule is COCC1(C(=O)O)CCCN(C(=O)c2c[nH]cc2C)C1. The monoisotopic (exact) mass is 280 g/mol. The van der Waals surface area contributed by atoms with Crippen molar-refractivity contribution in [2.45, 2.75) is 19.8 Å². The fourth-order valence-electron chi connectivity index (χ4n) is 2.78. The molecule has 6 nitrogen and oxygen atoms in total. The Labute approximate surface area is 117 Å². The third-order valence-electron chi connectivity index (χ3n) is 3.92. The number of piperidine rings is 1. The first-order valence-corrected chi connectivity index (χ1v) is 6.65. The van der Waals surface area contributed by atoms with E-state index in [9.17, 15) is 14.7 Å². The normalized spacial score (nSPS) is 22.8. The van der Waals surface area contributed by atoms with Gasteiger partial charge in [-0.25, -0.2) is 0 Å². The van der Waals surface area contributed by atoms with Gasteiger partial charge in [0.1, 0.15) is 5.41 Å². The molecular formula is C14H20N2O4. The van der Waals surface area contributed by atoms with Gasteiger partial charge >= 0.3 is 5.97 Å². The lowest BCUT2D eigenvalue weighted by atomic mass is 9.80. The van der Waals surface area contributed by atoms with E-state index in [1.54, 1.807) is 17.3 Å². The molecule has 0 aliphatic carbocycles. The number of aromatic amines is 1. The summed E-state index contributed by atoms with van der Waals surface area (Å²) in [7, 11) is 1.49. The Morgan fingerprint density at radius 1 is 1.50 bits per heavy atom. The van der Waals surface area contributed by atoms with E-state index < -0.39 is 11.4 Å². The maximum absolute atomic E-state index is 12.5. The van der Waals surface area contributed by atoms with E-state index in [0.717, 1.165) is 5.56 Å². The number of aliphatic carboxylic acids is 1. The first kappa shape index (κ1) is 14.6. The summed E-state index contributed by atoms with van der Waals surface area (Å²) in [5, 5.41) is 9.48. The highest BCUT2D eigenvalue weighted by Gasteiger charge is 2.44. The van der Waals surface area contributed by atoms with Gasteiger partial charge in [-0.1, -0.05) is 0 Å². The van der Waals surface area contributed by atoms with Crippen LogP contribution in [0, 0.1) is 12.3 Å². The summed E-state index contributed by atoms with van der Waals surface area (Å²) < 4.78 is 5.06. The molecule has 6 heteroatoms. The van der Waals surface area contributed by atoms with Gasteiger partial charge in [-0.2, -0.15) is 0 Å². The number of carbonyl (C=O) groups is 2. The largest absolute Gasteiger partial charge is 0.481 e. The average molecular weight is 280 g/mol. The topological polar surface area (TPSA) is 82.6 Å². The van der Waals surface area contributed by atoms with E-state index in [-0.39, 0.29) is 19.1 Å². The predicted octanol–water partition coefficient (Wildman–Crippen LogP) is 1.28. The van der Waals surface area contributed by atoms with E-state index in [4.69, 9.17) is 4.74 Å². The molecule has 2 heterocycles. The van der Waals surface area contributed by atoms with E-state index in [2.05, 4.69) is 4.98 Å². The van der Waals surface area contributed by atoms with Gasteiger partial charge in [0.25, 0.3) is 5.91 Å². The molecule has 2 N–H and O–H groups in total. The summed E-state index contributed by atoms with van der Waals surface area (Å²) in [6, 6.07) is 0. The van der Waals surface area contributed by atoms with Crippen LogP contribution in [0.1, 0.15) is 28.8 Å². The number of ether oxygens (including phenoxy) is 1. The number of amides is 1. The van der Waals surface area contributed by atoms with Gasteiger partial charge in [0.05, 0.1) is 12.2 Å². The van der Waals surface area contributed by atoms with Crippen molar-refractivity contribution in [3.63, 3.8) is 0 Å². The van der Waals surface area contributed by atoms with E-state index in [1.807, 2.05) is 6.92 Å². The number of nitrogens with zero attached hydrogens (tertiary/aromatic N) is 1. The molecule has 1 amide bonds. The highest BCUT2D eigenvalue weighted by Crippen LogP contribution is 2.31. The van der Waals surface area contributed by atoms with Crippen molar-refractivity contribution < 1.29 is 19.4 Å². The van der Waals surface area contributed by atoms with Crippen molar-refractivity contribution in [3.05, 3.63) is 23.5 Å². The molecule has 1 aliphatic heterocycles. The maximum Gasteiger partial charge on any atom is 0.313 e. The second-order valence-corrected chi connectivity index (χ2v) is 5.40.